The Morgan fingerprint density at radius 2 is 1.48 bits per heavy atom. The second-order valence-electron chi connectivity index (χ2n) is 8.23. The van der Waals surface area contributed by atoms with Crippen molar-refractivity contribution in [3.05, 3.63) is 66.0 Å². The molecule has 3 rings (SSSR count). The van der Waals surface area contributed by atoms with E-state index in [9.17, 15) is 14.0 Å². The average molecular weight is 429 g/mol. The number of carbonyl (C=O) groups is 2. The Hall–Kier alpha value is -2.77. The van der Waals surface area contributed by atoms with E-state index in [-0.39, 0.29) is 23.7 Å². The van der Waals surface area contributed by atoms with Gasteiger partial charge in [-0.05, 0) is 36.2 Å². The highest BCUT2D eigenvalue weighted by Crippen LogP contribution is 2.17. The van der Waals surface area contributed by atoms with Gasteiger partial charge in [-0.1, -0.05) is 43.7 Å². The molecule has 1 atom stereocenters. The zero-order chi connectivity index (χ0) is 22.1. The summed E-state index contributed by atoms with van der Waals surface area (Å²) in [5.41, 5.74) is 1.75. The van der Waals surface area contributed by atoms with Gasteiger partial charge in [-0.25, -0.2) is 4.39 Å². The Morgan fingerprint density at radius 1 is 0.903 bits per heavy atom. The second-order valence-corrected chi connectivity index (χ2v) is 8.23. The van der Waals surface area contributed by atoms with Crippen LogP contribution in [0.25, 0.3) is 0 Å². The largest absolute Gasteiger partial charge is 0.344 e. The zero-order valence-electron chi connectivity index (χ0n) is 18.1. The van der Waals surface area contributed by atoms with Gasteiger partial charge >= 0.3 is 0 Å². The Kier molecular flexibility index (Phi) is 8.55. The van der Waals surface area contributed by atoms with Crippen molar-refractivity contribution in [1.82, 2.24) is 5.32 Å². The molecule has 0 saturated carbocycles. The molecule has 0 radical (unpaired) electrons. The van der Waals surface area contributed by atoms with E-state index >= 15 is 0 Å². The molecule has 0 spiro atoms. The first kappa shape index (κ1) is 22.9. The molecule has 2 aromatic rings. The first-order valence-corrected chi connectivity index (χ1v) is 11.1. The minimum atomic E-state index is -0.323. The molecule has 7 heteroatoms. The molecule has 1 aliphatic rings. The fraction of sp³-hybridized carbons (Fsp3) is 0.417. The van der Waals surface area contributed by atoms with E-state index < -0.39 is 0 Å². The smallest absolute Gasteiger partial charge is 0.279 e. The van der Waals surface area contributed by atoms with Crippen LogP contribution in [0, 0.1) is 5.82 Å². The number of carbonyl (C=O) groups excluding carboxylic acids is 2. The molecular weight excluding hydrogens is 395 g/mol. The van der Waals surface area contributed by atoms with Crippen LogP contribution in [0.1, 0.15) is 31.4 Å². The zero-order valence-corrected chi connectivity index (χ0v) is 18.1. The third-order valence-corrected chi connectivity index (χ3v) is 5.73. The number of anilines is 1. The van der Waals surface area contributed by atoms with Gasteiger partial charge in [-0.15, -0.1) is 0 Å². The predicted octanol–water partition coefficient (Wildman–Crippen LogP) is 0.205. The van der Waals surface area contributed by atoms with Gasteiger partial charge in [0.1, 0.15) is 32.0 Å². The molecule has 1 saturated heterocycles. The van der Waals surface area contributed by atoms with Crippen molar-refractivity contribution in [3.8, 4) is 0 Å². The first-order valence-electron chi connectivity index (χ1n) is 11.1. The number of hydrogen-bond donors (Lipinski definition) is 4. The Bertz CT molecular complexity index is 836. The van der Waals surface area contributed by atoms with E-state index in [2.05, 4.69) is 29.7 Å². The number of rotatable bonds is 9. The van der Waals surface area contributed by atoms with Crippen LogP contribution >= 0.6 is 0 Å². The summed E-state index contributed by atoms with van der Waals surface area (Å²) in [7, 11) is 0. The Labute approximate surface area is 183 Å². The molecule has 1 heterocycles. The molecule has 0 unspecified atom stereocenters. The number of nitrogens with one attached hydrogen (secondary N) is 4. The SMILES string of the molecule is CCC[C@H](NC(=O)C[NH+]1CC[NH+](CC(=O)Nc2ccc(F)cc2)CC1)c1ccccc1. The summed E-state index contributed by atoms with van der Waals surface area (Å²) in [5, 5.41) is 6.01. The van der Waals surface area contributed by atoms with Crippen LogP contribution in [-0.2, 0) is 9.59 Å². The van der Waals surface area contributed by atoms with Gasteiger partial charge in [0.25, 0.3) is 11.8 Å². The normalized spacial score (nSPS) is 19.4. The molecule has 31 heavy (non-hydrogen) atoms. The highest BCUT2D eigenvalue weighted by molar-refractivity contribution is 5.91. The van der Waals surface area contributed by atoms with E-state index in [0.29, 0.717) is 18.8 Å². The first-order chi connectivity index (χ1) is 15.0. The minimum Gasteiger partial charge on any atom is -0.344 e. The second kappa shape index (κ2) is 11.6. The van der Waals surface area contributed by atoms with E-state index in [0.717, 1.165) is 44.6 Å². The molecule has 1 aliphatic heterocycles. The maximum absolute atomic E-state index is 13.0. The maximum atomic E-state index is 13.0. The molecular formula is C24H33FN4O2+2. The summed E-state index contributed by atoms with van der Waals surface area (Å²) < 4.78 is 13.0. The Balaban J connectivity index is 1.40. The molecule has 2 aromatic carbocycles. The van der Waals surface area contributed by atoms with Crippen molar-refractivity contribution in [2.45, 2.75) is 25.8 Å². The van der Waals surface area contributed by atoms with E-state index in [1.54, 1.807) is 12.1 Å². The van der Waals surface area contributed by atoms with Crippen molar-refractivity contribution in [1.29, 1.82) is 0 Å². The number of piperazine rings is 1. The number of quaternary nitrogens is 2. The summed E-state index contributed by atoms with van der Waals surface area (Å²) in [6.45, 7) is 6.37. The van der Waals surface area contributed by atoms with Gasteiger partial charge in [-0.2, -0.15) is 0 Å². The van der Waals surface area contributed by atoms with Crippen molar-refractivity contribution >= 4 is 17.5 Å². The van der Waals surface area contributed by atoms with Crippen LogP contribution in [0.5, 0.6) is 0 Å². The van der Waals surface area contributed by atoms with Crippen LogP contribution in [0.15, 0.2) is 54.6 Å². The van der Waals surface area contributed by atoms with Crippen LogP contribution < -0.4 is 20.4 Å². The third-order valence-electron chi connectivity index (χ3n) is 5.73. The lowest BCUT2D eigenvalue weighted by atomic mass is 10.0. The maximum Gasteiger partial charge on any atom is 0.279 e. The monoisotopic (exact) mass is 428 g/mol. The molecule has 6 nitrogen and oxygen atoms in total. The topological polar surface area (TPSA) is 67.1 Å². The summed E-state index contributed by atoms with van der Waals surface area (Å²) in [6, 6.07) is 16.0. The quantitative estimate of drug-likeness (QED) is 0.461. The van der Waals surface area contributed by atoms with E-state index in [1.807, 2.05) is 18.2 Å². The van der Waals surface area contributed by atoms with Crippen LogP contribution in [0.2, 0.25) is 0 Å². The van der Waals surface area contributed by atoms with Gasteiger partial charge in [0.15, 0.2) is 13.1 Å². The summed E-state index contributed by atoms with van der Waals surface area (Å²) in [6.07, 6.45) is 1.93. The van der Waals surface area contributed by atoms with E-state index in [4.69, 9.17) is 0 Å². The standard InChI is InChI=1S/C24H31FN4O2/c1-2-6-22(19-7-4-3-5-8-19)27-24(31)18-29-15-13-28(14-16-29)17-23(30)26-21-11-9-20(25)10-12-21/h3-5,7-12,22H,2,6,13-18H2,1H3,(H,26,30)(H,27,31)/p+2/t22-/m0/s1. The number of halogens is 1. The molecule has 0 aliphatic carbocycles. The van der Waals surface area contributed by atoms with Gasteiger partial charge in [0.05, 0.1) is 6.04 Å². The van der Waals surface area contributed by atoms with Gasteiger partial charge in [0, 0.05) is 5.69 Å². The minimum absolute atomic E-state index is 0.0557. The summed E-state index contributed by atoms with van der Waals surface area (Å²) >= 11 is 0. The van der Waals surface area contributed by atoms with Crippen molar-refractivity contribution in [2.24, 2.45) is 0 Å². The van der Waals surface area contributed by atoms with Crippen LogP contribution in [-0.4, -0.2) is 51.1 Å². The molecule has 1 fully saturated rings. The van der Waals surface area contributed by atoms with E-state index in [1.165, 1.54) is 21.9 Å². The van der Waals surface area contributed by atoms with Crippen molar-refractivity contribution in [3.63, 3.8) is 0 Å². The molecule has 4 N–H and O–H groups in total. The fourth-order valence-corrected chi connectivity index (χ4v) is 4.04. The highest BCUT2D eigenvalue weighted by Gasteiger charge is 2.27. The van der Waals surface area contributed by atoms with Gasteiger partial charge < -0.3 is 20.4 Å². The average Bonchev–Trinajstić information content (AvgIpc) is 2.77. The van der Waals surface area contributed by atoms with Gasteiger partial charge in [-0.3, -0.25) is 9.59 Å². The highest BCUT2D eigenvalue weighted by atomic mass is 19.1. The number of hydrogen-bond acceptors (Lipinski definition) is 2. The lowest BCUT2D eigenvalue weighted by Crippen LogP contribution is -3.28. The molecule has 0 bridgehead atoms. The number of benzene rings is 2. The fourth-order valence-electron chi connectivity index (χ4n) is 4.04. The van der Waals surface area contributed by atoms with Crippen molar-refractivity contribution in [2.75, 3.05) is 44.6 Å². The molecule has 166 valence electrons. The van der Waals surface area contributed by atoms with Crippen molar-refractivity contribution < 1.29 is 23.8 Å². The number of amides is 2. The summed E-state index contributed by atoms with van der Waals surface area (Å²) in [5.74, 6) is -0.320. The lowest BCUT2D eigenvalue weighted by molar-refractivity contribution is -1.00. The van der Waals surface area contributed by atoms with Crippen LogP contribution in [0.3, 0.4) is 0 Å². The van der Waals surface area contributed by atoms with Crippen LogP contribution in [0.4, 0.5) is 10.1 Å². The van der Waals surface area contributed by atoms with Gasteiger partial charge in [0.2, 0.25) is 0 Å². The summed E-state index contributed by atoms with van der Waals surface area (Å²) in [4.78, 5) is 27.3. The Morgan fingerprint density at radius 3 is 2.06 bits per heavy atom. The molecule has 2 amide bonds. The third kappa shape index (κ3) is 7.45. The predicted molar refractivity (Wildman–Crippen MR) is 118 cm³/mol. The molecule has 0 aromatic heterocycles. The lowest BCUT2D eigenvalue weighted by Gasteiger charge is -2.29.